The first-order valence-corrected chi connectivity index (χ1v) is 5.19. The maximum atomic E-state index is 2.54. The number of hydrogen-bond acceptors (Lipinski definition) is 1. The molecule has 70 valence electrons. The van der Waals surface area contributed by atoms with Gasteiger partial charge in [-0.2, -0.15) is 0 Å². The van der Waals surface area contributed by atoms with Crippen LogP contribution >= 0.6 is 0 Å². The topological polar surface area (TPSA) is 3.24 Å². The summed E-state index contributed by atoms with van der Waals surface area (Å²) in [4.78, 5) is 2.54. The van der Waals surface area contributed by atoms with Gasteiger partial charge in [-0.25, -0.2) is 0 Å². The zero-order valence-corrected chi connectivity index (χ0v) is 8.29. The molecule has 0 radical (unpaired) electrons. The van der Waals surface area contributed by atoms with Crippen molar-refractivity contribution >= 4 is 0 Å². The molecule has 13 heavy (non-hydrogen) atoms. The Morgan fingerprint density at radius 3 is 2.77 bits per heavy atom. The predicted molar refractivity (Wildman–Crippen MR) is 55.7 cm³/mol. The average molecular weight is 174 g/mol. The molecule has 0 aliphatic carbocycles. The molecule has 0 saturated heterocycles. The number of rotatable bonds is 2. The van der Waals surface area contributed by atoms with Crippen molar-refractivity contribution in [3.05, 3.63) is 35.4 Å². The quantitative estimate of drug-likeness (QED) is 0.665. The van der Waals surface area contributed by atoms with E-state index in [1.807, 2.05) is 0 Å². The minimum atomic E-state index is 1.16. The number of hydrogen-bond donors (Lipinski definition) is 0. The Kier molecular flexibility index (Phi) is 2.65. The molecule has 1 heterocycles. The second-order valence-corrected chi connectivity index (χ2v) is 3.79. The Labute approximate surface area is 80.4 Å². The fraction of sp³-hybridized carbons (Fsp3) is 0.500. The summed E-state index contributed by atoms with van der Waals surface area (Å²) < 4.78 is 0. The predicted octanol–water partition coefficient (Wildman–Crippen LogP) is 2.45. The van der Waals surface area contributed by atoms with Crippen molar-refractivity contribution < 1.29 is 0 Å². The highest BCUT2D eigenvalue weighted by atomic mass is 15.0. The zero-order chi connectivity index (χ0) is 9.10. The molecule has 0 spiro atoms. The van der Waals surface area contributed by atoms with E-state index in [9.17, 15) is 0 Å². The molecular formula is C12H17N. The molecule has 1 aliphatic heterocycles. The second kappa shape index (κ2) is 3.93. The zero-order valence-electron chi connectivity index (χ0n) is 8.29. The third-order valence-corrected chi connectivity index (χ3v) is 2.75. The van der Waals surface area contributed by atoms with Gasteiger partial charge in [0.2, 0.25) is 0 Å². The molecule has 2 rings (SSSR count). The van der Waals surface area contributed by atoms with Crippen LogP contribution in [0.15, 0.2) is 24.3 Å². The Balaban J connectivity index is 2.11. The molecule has 0 unspecified atom stereocenters. The summed E-state index contributed by atoms with van der Waals surface area (Å²) in [5, 5.41) is 0. The summed E-state index contributed by atoms with van der Waals surface area (Å²) >= 11 is 0. The van der Waals surface area contributed by atoms with Crippen LogP contribution in [0.2, 0.25) is 0 Å². The van der Waals surface area contributed by atoms with Gasteiger partial charge in [0.25, 0.3) is 0 Å². The van der Waals surface area contributed by atoms with Crippen molar-refractivity contribution in [1.29, 1.82) is 0 Å². The maximum absolute atomic E-state index is 2.54. The van der Waals surface area contributed by atoms with E-state index < -0.39 is 0 Å². The highest BCUT2D eigenvalue weighted by Gasteiger charge is 2.13. The van der Waals surface area contributed by atoms with Crippen molar-refractivity contribution in [1.82, 2.24) is 4.90 Å². The van der Waals surface area contributed by atoms with Crippen LogP contribution in [-0.4, -0.2) is 18.0 Å². The largest absolute Gasteiger partial charge is 0.299 e. The van der Waals surface area contributed by atoms with Crippen LogP contribution in [-0.2, 0) is 13.0 Å². The third kappa shape index (κ3) is 1.92. The lowest BCUT2D eigenvalue weighted by Crippen LogP contribution is -2.30. The molecule has 0 saturated carbocycles. The van der Waals surface area contributed by atoms with Crippen LogP contribution in [0, 0.1) is 0 Å². The van der Waals surface area contributed by atoms with Gasteiger partial charge in [0.05, 0.1) is 0 Å². The van der Waals surface area contributed by atoms with Gasteiger partial charge in [0.15, 0.2) is 0 Å². The highest BCUT2D eigenvalue weighted by molar-refractivity contribution is 5.28. The van der Waals surface area contributed by atoms with Gasteiger partial charge >= 0.3 is 0 Å². The lowest BCUT2D eigenvalue weighted by atomic mass is 9.91. The van der Waals surface area contributed by atoms with E-state index in [1.165, 1.54) is 31.5 Å². The van der Waals surface area contributed by atoms with Crippen molar-refractivity contribution in [3.8, 4) is 0 Å². The summed E-state index contributed by atoms with van der Waals surface area (Å²) in [5.41, 5.74) is 3.08. The average Bonchev–Trinajstić information content (AvgIpc) is 2.18. The summed E-state index contributed by atoms with van der Waals surface area (Å²) in [6, 6.07) is 8.82. The van der Waals surface area contributed by atoms with Crippen LogP contribution in [0.3, 0.4) is 0 Å². The first-order chi connectivity index (χ1) is 6.40. The van der Waals surface area contributed by atoms with E-state index >= 15 is 0 Å². The SMILES string of the molecule is CC[11CH2]N1CCc2ccccc2C1. The summed E-state index contributed by atoms with van der Waals surface area (Å²) in [6.07, 6.45) is 2.50. The van der Waals surface area contributed by atoms with E-state index in [2.05, 4.69) is 36.1 Å². The molecule has 1 heteroatoms. The monoisotopic (exact) mass is 174 g/mol. The van der Waals surface area contributed by atoms with Crippen LogP contribution in [0.25, 0.3) is 0 Å². The van der Waals surface area contributed by atoms with Gasteiger partial charge in [-0.05, 0) is 30.5 Å². The third-order valence-electron chi connectivity index (χ3n) is 2.75. The minimum absolute atomic E-state index is 1.16. The van der Waals surface area contributed by atoms with Gasteiger partial charge in [-0.3, -0.25) is 4.90 Å². The van der Waals surface area contributed by atoms with Gasteiger partial charge in [-0.15, -0.1) is 0 Å². The van der Waals surface area contributed by atoms with E-state index in [0.29, 0.717) is 0 Å². The van der Waals surface area contributed by atoms with Crippen LogP contribution in [0.5, 0.6) is 0 Å². The minimum Gasteiger partial charge on any atom is -0.299 e. The fourth-order valence-electron chi connectivity index (χ4n) is 2.06. The molecule has 0 bridgehead atoms. The van der Waals surface area contributed by atoms with E-state index in [4.69, 9.17) is 0 Å². The normalized spacial score (nSPS) is 17.0. The summed E-state index contributed by atoms with van der Waals surface area (Å²) in [7, 11) is 0. The Hall–Kier alpha value is -0.820. The van der Waals surface area contributed by atoms with Crippen LogP contribution < -0.4 is 0 Å². The van der Waals surface area contributed by atoms with Crippen LogP contribution in [0.4, 0.5) is 0 Å². The van der Waals surface area contributed by atoms with Crippen molar-refractivity contribution in [2.45, 2.75) is 26.3 Å². The number of benzene rings is 1. The molecule has 0 fully saturated rings. The van der Waals surface area contributed by atoms with Gasteiger partial charge in [0, 0.05) is 13.1 Å². The number of fused-ring (bicyclic) bond motifs is 1. The molecule has 0 amide bonds. The first kappa shape index (κ1) is 8.76. The molecule has 1 aromatic rings. The molecule has 0 aromatic heterocycles. The van der Waals surface area contributed by atoms with E-state index in [-0.39, 0.29) is 0 Å². The van der Waals surface area contributed by atoms with Crippen molar-refractivity contribution in [2.24, 2.45) is 0 Å². The molecule has 1 aliphatic rings. The molecule has 1 aromatic carbocycles. The van der Waals surface area contributed by atoms with E-state index in [0.717, 1.165) is 6.54 Å². The van der Waals surface area contributed by atoms with Gasteiger partial charge < -0.3 is 0 Å². The van der Waals surface area contributed by atoms with E-state index in [1.54, 1.807) is 5.56 Å². The summed E-state index contributed by atoms with van der Waals surface area (Å²) in [5.74, 6) is 0. The Bertz CT molecular complexity index is 280. The van der Waals surface area contributed by atoms with Crippen LogP contribution in [0.1, 0.15) is 24.5 Å². The lowest BCUT2D eigenvalue weighted by molar-refractivity contribution is 0.255. The molecule has 0 atom stereocenters. The van der Waals surface area contributed by atoms with Gasteiger partial charge in [-0.1, -0.05) is 31.2 Å². The van der Waals surface area contributed by atoms with Gasteiger partial charge in [0.1, 0.15) is 0 Å². The van der Waals surface area contributed by atoms with Crippen molar-refractivity contribution in [3.63, 3.8) is 0 Å². The Morgan fingerprint density at radius 1 is 1.23 bits per heavy atom. The van der Waals surface area contributed by atoms with Crippen molar-refractivity contribution in [2.75, 3.05) is 13.1 Å². The molecule has 1 nitrogen and oxygen atoms in total. The Morgan fingerprint density at radius 2 is 2.00 bits per heavy atom. The smallest absolute Gasteiger partial charge is 0.0236 e. The first-order valence-electron chi connectivity index (χ1n) is 5.19. The molecule has 0 N–H and O–H groups in total. The highest BCUT2D eigenvalue weighted by Crippen LogP contribution is 2.18. The number of nitrogens with zero attached hydrogens (tertiary/aromatic N) is 1. The standard InChI is InChI=1S/C12H17N/c1-2-8-13-9-7-11-5-3-4-6-12(11)10-13/h3-6H,2,7-10H2,1H3/i8-1. The molecular weight excluding hydrogens is 157 g/mol. The fourth-order valence-corrected chi connectivity index (χ4v) is 2.06. The maximum Gasteiger partial charge on any atom is 0.0236 e. The lowest BCUT2D eigenvalue weighted by Gasteiger charge is -2.28. The summed E-state index contributed by atoms with van der Waals surface area (Å²) in [6.45, 7) is 5.89. The second-order valence-electron chi connectivity index (χ2n) is 3.79.